The molecule has 6 nitrogen and oxygen atoms in total. The summed E-state index contributed by atoms with van der Waals surface area (Å²) in [5, 5.41) is 0.634. The van der Waals surface area contributed by atoms with E-state index in [1.54, 1.807) is 29.0 Å². The average molecular weight is 589 g/mol. The Morgan fingerprint density at radius 2 is 1.61 bits per heavy atom. The Balaban J connectivity index is 1.45. The number of carbonyl (C=O) groups excluding carboxylic acids is 2. The number of carbonyl (C=O) groups is 2. The van der Waals surface area contributed by atoms with Crippen LogP contribution in [-0.4, -0.2) is 54.7 Å². The van der Waals surface area contributed by atoms with Gasteiger partial charge in [-0.3, -0.25) is 9.59 Å². The fourth-order valence-corrected chi connectivity index (χ4v) is 5.00. The molecule has 1 fully saturated rings. The highest BCUT2D eigenvalue weighted by Crippen LogP contribution is 2.37. The Bertz CT molecular complexity index is 1340. The lowest BCUT2D eigenvalue weighted by atomic mass is 9.75. The van der Waals surface area contributed by atoms with E-state index in [2.05, 4.69) is 4.74 Å². The van der Waals surface area contributed by atoms with E-state index in [0.717, 1.165) is 23.3 Å². The van der Waals surface area contributed by atoms with Gasteiger partial charge in [-0.2, -0.15) is 0 Å². The van der Waals surface area contributed by atoms with Crippen LogP contribution in [0.4, 0.5) is 13.2 Å². The van der Waals surface area contributed by atoms with Crippen molar-refractivity contribution in [2.45, 2.75) is 39.1 Å². The first-order chi connectivity index (χ1) is 19.4. The number of aryl methyl sites for hydroxylation is 1. The van der Waals surface area contributed by atoms with Gasteiger partial charge in [-0.1, -0.05) is 41.9 Å². The van der Waals surface area contributed by atoms with Crippen molar-refractivity contribution < 1.29 is 32.2 Å². The molecule has 0 atom stereocenters. The van der Waals surface area contributed by atoms with Gasteiger partial charge in [0.2, 0.25) is 5.91 Å². The Morgan fingerprint density at radius 3 is 2.22 bits per heavy atom. The summed E-state index contributed by atoms with van der Waals surface area (Å²) in [7, 11) is 1.78. The van der Waals surface area contributed by atoms with Gasteiger partial charge in [0.15, 0.2) is 0 Å². The van der Waals surface area contributed by atoms with Crippen LogP contribution >= 0.6 is 11.6 Å². The first-order valence-electron chi connectivity index (χ1n) is 13.2. The zero-order valence-corrected chi connectivity index (χ0v) is 23.7. The number of halogens is 4. The van der Waals surface area contributed by atoms with E-state index in [4.69, 9.17) is 16.3 Å². The molecule has 3 aromatic carbocycles. The van der Waals surface area contributed by atoms with Crippen LogP contribution in [0.25, 0.3) is 0 Å². The molecule has 218 valence electrons. The molecule has 3 aromatic rings. The zero-order chi connectivity index (χ0) is 29.6. The number of ether oxygens (including phenoxy) is 2. The number of benzene rings is 3. The molecule has 0 unspecified atom stereocenters. The first-order valence-corrected chi connectivity index (χ1v) is 13.6. The van der Waals surface area contributed by atoms with Crippen LogP contribution in [0, 0.1) is 12.3 Å². The van der Waals surface area contributed by atoms with E-state index in [0.29, 0.717) is 43.2 Å². The fraction of sp³-hybridized carbons (Fsp3) is 0.355. The van der Waals surface area contributed by atoms with Gasteiger partial charge in [0.25, 0.3) is 5.91 Å². The normalized spacial score (nSPS) is 14.8. The molecule has 0 N–H and O–H groups in total. The maximum Gasteiger partial charge on any atom is 0.573 e. The first kappa shape index (κ1) is 30.2. The van der Waals surface area contributed by atoms with Crippen LogP contribution in [0.2, 0.25) is 5.02 Å². The number of piperidine rings is 1. The van der Waals surface area contributed by atoms with Crippen LogP contribution in [0.5, 0.6) is 11.5 Å². The Labute approximate surface area is 242 Å². The molecule has 1 aliphatic rings. The van der Waals surface area contributed by atoms with Crippen LogP contribution in [-0.2, 0) is 11.3 Å². The lowest BCUT2D eigenvalue weighted by molar-refractivity contribution is -0.274. The Morgan fingerprint density at radius 1 is 0.976 bits per heavy atom. The predicted molar refractivity (Wildman–Crippen MR) is 150 cm³/mol. The van der Waals surface area contributed by atoms with Crippen molar-refractivity contribution in [2.75, 3.05) is 26.7 Å². The predicted octanol–water partition coefficient (Wildman–Crippen LogP) is 6.90. The number of likely N-dealkylation sites (tertiary alicyclic amines) is 1. The van der Waals surface area contributed by atoms with Gasteiger partial charge in [0.05, 0.1) is 6.61 Å². The molecular formula is C31H32ClF3N2O4. The van der Waals surface area contributed by atoms with Crippen molar-refractivity contribution in [3.63, 3.8) is 0 Å². The highest BCUT2D eigenvalue weighted by atomic mass is 35.5. The number of hydrogen-bond acceptors (Lipinski definition) is 4. The molecule has 1 aliphatic heterocycles. The highest BCUT2D eigenvalue weighted by molar-refractivity contribution is 6.31. The third kappa shape index (κ3) is 8.39. The molecule has 0 spiro atoms. The van der Waals surface area contributed by atoms with Gasteiger partial charge in [0, 0.05) is 49.1 Å². The number of nitrogens with zero attached hydrogens (tertiary/aromatic N) is 2. The lowest BCUT2D eigenvalue weighted by Gasteiger charge is -2.42. The Hall–Kier alpha value is -3.72. The van der Waals surface area contributed by atoms with E-state index in [-0.39, 0.29) is 36.2 Å². The zero-order valence-electron chi connectivity index (χ0n) is 22.9. The number of alkyl halides is 3. The molecular weight excluding hydrogens is 557 g/mol. The second-order valence-corrected chi connectivity index (χ2v) is 10.9. The van der Waals surface area contributed by atoms with Crippen LogP contribution in [0.15, 0.2) is 72.8 Å². The molecule has 0 aliphatic carbocycles. The molecule has 10 heteroatoms. The summed E-state index contributed by atoms with van der Waals surface area (Å²) >= 11 is 6.16. The summed E-state index contributed by atoms with van der Waals surface area (Å²) in [6.07, 6.45) is -3.52. The quantitative estimate of drug-likeness (QED) is 0.273. The van der Waals surface area contributed by atoms with E-state index in [9.17, 15) is 22.8 Å². The molecule has 0 saturated carbocycles. The van der Waals surface area contributed by atoms with Gasteiger partial charge in [0.1, 0.15) is 11.5 Å². The maximum absolute atomic E-state index is 13.4. The van der Waals surface area contributed by atoms with Crippen LogP contribution in [0.3, 0.4) is 0 Å². The maximum atomic E-state index is 13.4. The molecule has 4 rings (SSSR count). The summed E-state index contributed by atoms with van der Waals surface area (Å²) in [5.41, 5.74) is 1.65. The molecule has 41 heavy (non-hydrogen) atoms. The standard InChI is InChI=1S/C31H32ClF3N2O4/c1-22-18-26(12-13-27(22)32)40-21-30(19-28(38)36(2)20-23-6-4-3-5-7-23)14-16-37(17-15-30)29(39)24-8-10-25(11-9-24)41-31(33,34)35/h3-13,18H,14-17,19-21H2,1-2H3. The average Bonchev–Trinajstić information content (AvgIpc) is 2.94. The van der Waals surface area contributed by atoms with Crippen molar-refractivity contribution in [3.8, 4) is 11.5 Å². The van der Waals surface area contributed by atoms with Gasteiger partial charge in [-0.25, -0.2) is 0 Å². The molecule has 1 saturated heterocycles. The SMILES string of the molecule is Cc1cc(OCC2(CC(=O)N(C)Cc3ccccc3)CCN(C(=O)c3ccc(OC(F)(F)F)cc3)CC2)ccc1Cl. The van der Waals surface area contributed by atoms with Crippen LogP contribution < -0.4 is 9.47 Å². The lowest BCUT2D eigenvalue weighted by Crippen LogP contribution is -2.47. The number of amides is 2. The minimum absolute atomic E-state index is 0.0234. The second kappa shape index (κ2) is 12.9. The molecule has 0 bridgehead atoms. The largest absolute Gasteiger partial charge is 0.573 e. The van der Waals surface area contributed by atoms with Gasteiger partial charge in [-0.15, -0.1) is 13.2 Å². The van der Waals surface area contributed by atoms with Gasteiger partial charge in [-0.05, 0) is 73.4 Å². The minimum atomic E-state index is -4.80. The summed E-state index contributed by atoms with van der Waals surface area (Å²) in [4.78, 5) is 29.9. The number of hydrogen-bond donors (Lipinski definition) is 0. The topological polar surface area (TPSA) is 59.1 Å². The van der Waals surface area contributed by atoms with Crippen molar-refractivity contribution in [3.05, 3.63) is 94.5 Å². The summed E-state index contributed by atoms with van der Waals surface area (Å²) in [6, 6.07) is 20.0. The molecule has 1 heterocycles. The van der Waals surface area contributed by atoms with Crippen molar-refractivity contribution >= 4 is 23.4 Å². The highest BCUT2D eigenvalue weighted by Gasteiger charge is 2.39. The summed E-state index contributed by atoms with van der Waals surface area (Å²) in [5.74, 6) is -0.0563. The molecule has 2 amide bonds. The third-order valence-corrected chi connectivity index (χ3v) is 7.76. The van der Waals surface area contributed by atoms with E-state index >= 15 is 0 Å². The monoisotopic (exact) mass is 588 g/mol. The Kier molecular flexibility index (Phi) is 9.48. The summed E-state index contributed by atoms with van der Waals surface area (Å²) < 4.78 is 47.5. The van der Waals surface area contributed by atoms with Crippen molar-refractivity contribution in [1.29, 1.82) is 0 Å². The molecule has 0 aromatic heterocycles. The van der Waals surface area contributed by atoms with Gasteiger partial charge < -0.3 is 19.3 Å². The third-order valence-electron chi connectivity index (χ3n) is 7.34. The van der Waals surface area contributed by atoms with Crippen molar-refractivity contribution in [1.82, 2.24) is 9.80 Å². The van der Waals surface area contributed by atoms with Gasteiger partial charge >= 0.3 is 6.36 Å². The second-order valence-electron chi connectivity index (χ2n) is 10.5. The van der Waals surface area contributed by atoms with E-state index in [1.807, 2.05) is 43.3 Å². The summed E-state index contributed by atoms with van der Waals surface area (Å²) in [6.45, 7) is 3.39. The van der Waals surface area contributed by atoms with E-state index in [1.165, 1.54) is 12.1 Å². The minimum Gasteiger partial charge on any atom is -0.493 e. The number of rotatable bonds is 9. The smallest absolute Gasteiger partial charge is 0.493 e. The molecule has 0 radical (unpaired) electrons. The van der Waals surface area contributed by atoms with Crippen LogP contribution in [0.1, 0.15) is 40.7 Å². The van der Waals surface area contributed by atoms with E-state index < -0.39 is 11.8 Å². The van der Waals surface area contributed by atoms with Crippen molar-refractivity contribution in [2.24, 2.45) is 5.41 Å². The fourth-order valence-electron chi connectivity index (χ4n) is 4.88.